The predicted octanol–water partition coefficient (Wildman–Crippen LogP) is 4.29. The lowest BCUT2D eigenvalue weighted by Gasteiger charge is -2.00. The van der Waals surface area contributed by atoms with Crippen LogP contribution >= 0.6 is 11.3 Å². The standard InChI is InChI=1S/C26H18FN7O2S/c27-20-13-11-17(12-14-20)22-19(16-34(33-22)21-9-5-2-6-10-21)15-28-30-24(36)23(35)29-26-32-31-25(37-26)18-7-3-1-4-8-18/h1-16H,(H,30,36)(H,29,32,35)/b28-15-. The van der Waals surface area contributed by atoms with Crippen LogP contribution in [0.5, 0.6) is 0 Å². The largest absolute Gasteiger partial charge is 0.329 e. The van der Waals surface area contributed by atoms with Crippen molar-refractivity contribution < 1.29 is 14.0 Å². The fraction of sp³-hybridized carbons (Fsp3) is 0. The van der Waals surface area contributed by atoms with E-state index in [9.17, 15) is 14.0 Å². The van der Waals surface area contributed by atoms with E-state index in [-0.39, 0.29) is 10.9 Å². The van der Waals surface area contributed by atoms with Crippen molar-refractivity contribution in [2.45, 2.75) is 0 Å². The molecule has 0 spiro atoms. The molecule has 37 heavy (non-hydrogen) atoms. The Morgan fingerprint density at radius 2 is 1.57 bits per heavy atom. The minimum absolute atomic E-state index is 0.186. The van der Waals surface area contributed by atoms with Crippen molar-refractivity contribution in [2.75, 3.05) is 5.32 Å². The van der Waals surface area contributed by atoms with E-state index < -0.39 is 11.8 Å². The lowest BCUT2D eigenvalue weighted by molar-refractivity contribution is -0.136. The van der Waals surface area contributed by atoms with Crippen molar-refractivity contribution in [1.82, 2.24) is 25.4 Å². The van der Waals surface area contributed by atoms with E-state index in [0.29, 0.717) is 21.8 Å². The number of hydrazone groups is 1. The number of aromatic nitrogens is 4. The van der Waals surface area contributed by atoms with Gasteiger partial charge in [-0.25, -0.2) is 14.5 Å². The van der Waals surface area contributed by atoms with Crippen LogP contribution in [0, 0.1) is 5.82 Å². The maximum absolute atomic E-state index is 13.4. The summed E-state index contributed by atoms with van der Waals surface area (Å²) in [7, 11) is 0. The summed E-state index contributed by atoms with van der Waals surface area (Å²) in [6.07, 6.45) is 3.09. The van der Waals surface area contributed by atoms with Crippen molar-refractivity contribution in [3.05, 3.63) is 103 Å². The van der Waals surface area contributed by atoms with E-state index in [1.165, 1.54) is 18.3 Å². The number of halogens is 1. The Balaban J connectivity index is 1.29. The molecule has 0 fully saturated rings. The summed E-state index contributed by atoms with van der Waals surface area (Å²) < 4.78 is 15.1. The molecule has 0 aliphatic rings. The SMILES string of the molecule is O=C(N/N=C\c1cn(-c2ccccc2)nc1-c1ccc(F)cc1)C(=O)Nc1nnc(-c2ccccc2)s1. The topological polar surface area (TPSA) is 114 Å². The number of nitrogens with zero attached hydrogens (tertiary/aromatic N) is 5. The number of hydrogen-bond acceptors (Lipinski definition) is 7. The monoisotopic (exact) mass is 511 g/mol. The van der Waals surface area contributed by atoms with Crippen molar-refractivity contribution in [1.29, 1.82) is 0 Å². The summed E-state index contributed by atoms with van der Waals surface area (Å²) in [4.78, 5) is 24.6. The van der Waals surface area contributed by atoms with Gasteiger partial charge in [-0.1, -0.05) is 59.9 Å². The number of rotatable bonds is 6. The molecule has 9 nitrogen and oxygen atoms in total. The first-order valence-corrected chi connectivity index (χ1v) is 11.8. The number of carbonyl (C=O) groups excluding carboxylic acids is 2. The molecule has 182 valence electrons. The van der Waals surface area contributed by atoms with Crippen LogP contribution in [0.4, 0.5) is 9.52 Å². The van der Waals surface area contributed by atoms with Crippen LogP contribution in [0.1, 0.15) is 5.56 Å². The minimum Gasteiger partial charge on any atom is -0.292 e. The second-order valence-electron chi connectivity index (χ2n) is 7.65. The lowest BCUT2D eigenvalue weighted by atomic mass is 10.1. The van der Waals surface area contributed by atoms with Crippen LogP contribution in [-0.2, 0) is 9.59 Å². The Hall–Kier alpha value is -5.03. The zero-order valence-electron chi connectivity index (χ0n) is 19.1. The van der Waals surface area contributed by atoms with Gasteiger partial charge in [0.25, 0.3) is 0 Å². The van der Waals surface area contributed by atoms with E-state index in [4.69, 9.17) is 0 Å². The molecule has 0 saturated heterocycles. The number of benzene rings is 3. The zero-order chi connectivity index (χ0) is 25.6. The van der Waals surface area contributed by atoms with Gasteiger partial charge in [-0.3, -0.25) is 14.9 Å². The molecule has 2 amide bonds. The van der Waals surface area contributed by atoms with Crippen LogP contribution in [0.25, 0.3) is 27.5 Å². The summed E-state index contributed by atoms with van der Waals surface area (Å²) in [6.45, 7) is 0. The van der Waals surface area contributed by atoms with Gasteiger partial charge in [0.05, 0.1) is 11.9 Å². The fourth-order valence-electron chi connectivity index (χ4n) is 3.36. The molecule has 2 heterocycles. The molecule has 5 rings (SSSR count). The van der Waals surface area contributed by atoms with E-state index in [0.717, 1.165) is 22.6 Å². The molecule has 2 aromatic heterocycles. The Bertz CT molecular complexity index is 1570. The first kappa shape index (κ1) is 23.7. The van der Waals surface area contributed by atoms with Crippen LogP contribution in [-0.4, -0.2) is 38.0 Å². The number of anilines is 1. The van der Waals surface area contributed by atoms with Crippen LogP contribution in [0.3, 0.4) is 0 Å². The van der Waals surface area contributed by atoms with Crippen molar-refractivity contribution in [2.24, 2.45) is 5.10 Å². The van der Waals surface area contributed by atoms with Gasteiger partial charge >= 0.3 is 11.8 Å². The smallest absolute Gasteiger partial charge is 0.292 e. The van der Waals surface area contributed by atoms with Crippen LogP contribution in [0.15, 0.2) is 96.2 Å². The van der Waals surface area contributed by atoms with Crippen molar-refractivity contribution in [3.8, 4) is 27.5 Å². The Kier molecular flexibility index (Phi) is 6.86. The van der Waals surface area contributed by atoms with E-state index in [2.05, 4.69) is 31.1 Å². The number of para-hydroxylation sites is 1. The number of nitrogens with one attached hydrogen (secondary N) is 2. The molecule has 0 radical (unpaired) electrons. The molecular weight excluding hydrogens is 493 g/mol. The first-order valence-electron chi connectivity index (χ1n) is 11.0. The molecule has 0 aliphatic carbocycles. The second kappa shape index (κ2) is 10.7. The lowest BCUT2D eigenvalue weighted by Crippen LogP contribution is -2.32. The molecule has 3 aromatic carbocycles. The van der Waals surface area contributed by atoms with Gasteiger partial charge < -0.3 is 0 Å². The van der Waals surface area contributed by atoms with Crippen molar-refractivity contribution >= 4 is 34.5 Å². The van der Waals surface area contributed by atoms with Crippen LogP contribution < -0.4 is 10.7 Å². The molecule has 5 aromatic rings. The zero-order valence-corrected chi connectivity index (χ0v) is 19.9. The third-order valence-electron chi connectivity index (χ3n) is 5.12. The highest BCUT2D eigenvalue weighted by atomic mass is 32.1. The third-order valence-corrected chi connectivity index (χ3v) is 6.01. The maximum Gasteiger partial charge on any atom is 0.329 e. The summed E-state index contributed by atoms with van der Waals surface area (Å²) in [5.74, 6) is -2.29. The first-order chi connectivity index (χ1) is 18.1. The predicted molar refractivity (Wildman–Crippen MR) is 139 cm³/mol. The number of hydrogen-bond donors (Lipinski definition) is 2. The highest BCUT2D eigenvalue weighted by Gasteiger charge is 2.17. The summed E-state index contributed by atoms with van der Waals surface area (Å²) in [5, 5.41) is 19.7. The van der Waals surface area contributed by atoms with E-state index >= 15 is 0 Å². The van der Waals surface area contributed by atoms with Gasteiger partial charge in [0.15, 0.2) is 0 Å². The highest BCUT2D eigenvalue weighted by molar-refractivity contribution is 7.18. The summed E-state index contributed by atoms with van der Waals surface area (Å²) in [5.41, 5.74) is 5.59. The van der Waals surface area contributed by atoms with Gasteiger partial charge in [0.2, 0.25) is 5.13 Å². The Morgan fingerprint density at radius 3 is 2.30 bits per heavy atom. The highest BCUT2D eigenvalue weighted by Crippen LogP contribution is 2.26. The number of amides is 2. The number of carbonyl (C=O) groups is 2. The van der Waals surface area contributed by atoms with Gasteiger partial charge in [-0.15, -0.1) is 10.2 Å². The molecule has 2 N–H and O–H groups in total. The summed E-state index contributed by atoms with van der Waals surface area (Å²) >= 11 is 1.14. The maximum atomic E-state index is 13.4. The minimum atomic E-state index is -0.980. The summed E-state index contributed by atoms with van der Waals surface area (Å²) in [6, 6.07) is 24.6. The van der Waals surface area contributed by atoms with Gasteiger partial charge in [-0.2, -0.15) is 10.2 Å². The normalized spacial score (nSPS) is 10.9. The van der Waals surface area contributed by atoms with Crippen molar-refractivity contribution in [3.63, 3.8) is 0 Å². The molecule has 0 unspecified atom stereocenters. The van der Waals surface area contributed by atoms with Gasteiger partial charge in [-0.05, 0) is 36.4 Å². The van der Waals surface area contributed by atoms with E-state index in [1.54, 1.807) is 23.0 Å². The average molecular weight is 512 g/mol. The van der Waals surface area contributed by atoms with Gasteiger partial charge in [0, 0.05) is 22.9 Å². The van der Waals surface area contributed by atoms with E-state index in [1.807, 2.05) is 60.7 Å². The molecule has 11 heteroatoms. The fourth-order valence-corrected chi connectivity index (χ4v) is 4.11. The molecule has 0 atom stereocenters. The molecule has 0 saturated carbocycles. The quantitative estimate of drug-likeness (QED) is 0.201. The third kappa shape index (κ3) is 5.63. The second-order valence-corrected chi connectivity index (χ2v) is 8.63. The van der Waals surface area contributed by atoms with Gasteiger partial charge in [0.1, 0.15) is 16.5 Å². The molecule has 0 aliphatic heterocycles. The molecular formula is C26H18FN7O2S. The Labute approximate surface area is 214 Å². The van der Waals surface area contributed by atoms with Crippen LogP contribution in [0.2, 0.25) is 0 Å². The average Bonchev–Trinajstić information content (AvgIpc) is 3.58. The Morgan fingerprint density at radius 1 is 0.865 bits per heavy atom. The molecule has 0 bridgehead atoms.